The fourth-order valence-electron chi connectivity index (χ4n) is 2.71. The lowest BCUT2D eigenvalue weighted by atomic mass is 10.00. The average Bonchev–Trinajstić information content (AvgIpc) is 2.57. The van der Waals surface area contributed by atoms with Gasteiger partial charge in [-0.15, -0.1) is 0 Å². The van der Waals surface area contributed by atoms with Crippen LogP contribution in [0.3, 0.4) is 0 Å². The molecule has 0 rings (SSSR count). The maximum absolute atomic E-state index is 11.1. The van der Waals surface area contributed by atoms with Crippen LogP contribution >= 0.6 is 0 Å². The van der Waals surface area contributed by atoms with E-state index in [4.69, 9.17) is 0 Å². The van der Waals surface area contributed by atoms with Gasteiger partial charge in [-0.3, -0.25) is 25.0 Å². The molecule has 0 aliphatic carbocycles. The van der Waals surface area contributed by atoms with Gasteiger partial charge in [0.05, 0.1) is 0 Å². The van der Waals surface area contributed by atoms with Crippen molar-refractivity contribution in [1.29, 1.82) is 0 Å². The van der Waals surface area contributed by atoms with E-state index < -0.39 is 12.1 Å². The summed E-state index contributed by atoms with van der Waals surface area (Å²) in [6.07, 6.45) is 13.5. The Morgan fingerprint density at radius 3 is 2.12 bits per heavy atom. The molecule has 0 bridgehead atoms. The van der Waals surface area contributed by atoms with Crippen LogP contribution in [0.1, 0.15) is 84.0 Å². The number of nitrogens with zero attached hydrogens (tertiary/aromatic N) is 2. The molecule has 0 amide bonds. The molecule has 1 radical (unpaired) electrons. The van der Waals surface area contributed by atoms with Crippen molar-refractivity contribution in [2.75, 3.05) is 0 Å². The monoisotopic (exact) mass is 355 g/mol. The highest BCUT2D eigenvalue weighted by Gasteiger charge is 2.23. The van der Waals surface area contributed by atoms with Crippen molar-refractivity contribution in [2.24, 2.45) is 0 Å². The molecule has 0 aromatic rings. The molecule has 7 heteroatoms. The van der Waals surface area contributed by atoms with Crippen molar-refractivity contribution in [3.8, 4) is 0 Å². The summed E-state index contributed by atoms with van der Waals surface area (Å²) >= 11 is 0. The summed E-state index contributed by atoms with van der Waals surface area (Å²) in [4.78, 5) is 31.7. The van der Waals surface area contributed by atoms with Crippen LogP contribution in [0.25, 0.3) is 0 Å². The van der Waals surface area contributed by atoms with Gasteiger partial charge in [-0.2, -0.15) is 0 Å². The van der Waals surface area contributed by atoms with Crippen molar-refractivity contribution in [3.05, 3.63) is 32.4 Å². The number of hydrogen-bond acceptors (Lipinski definition) is 5. The first-order valence-corrected chi connectivity index (χ1v) is 9.29. The zero-order chi connectivity index (χ0) is 18.9. The van der Waals surface area contributed by atoms with E-state index in [2.05, 4.69) is 6.92 Å². The van der Waals surface area contributed by atoms with E-state index in [9.17, 15) is 25.0 Å². The average molecular weight is 355 g/mol. The van der Waals surface area contributed by atoms with Crippen LogP contribution in [0.5, 0.6) is 0 Å². The van der Waals surface area contributed by atoms with Gasteiger partial charge in [0.2, 0.25) is 12.1 Å². The molecule has 0 heterocycles. The van der Waals surface area contributed by atoms with Crippen molar-refractivity contribution in [1.82, 2.24) is 0 Å². The minimum Gasteiger partial charge on any atom is -0.291 e. The second-order valence-electron chi connectivity index (χ2n) is 6.40. The van der Waals surface area contributed by atoms with Crippen LogP contribution in [0.15, 0.2) is 12.2 Å². The summed E-state index contributed by atoms with van der Waals surface area (Å²) in [7, 11) is 0. The lowest BCUT2D eigenvalue weighted by molar-refractivity contribution is -0.529. The Hall–Kier alpha value is -1.79. The molecule has 25 heavy (non-hydrogen) atoms. The van der Waals surface area contributed by atoms with Gasteiger partial charge in [-0.05, 0) is 32.1 Å². The predicted molar refractivity (Wildman–Crippen MR) is 97.5 cm³/mol. The van der Waals surface area contributed by atoms with Crippen LogP contribution in [-0.4, -0.2) is 28.2 Å². The molecule has 0 N–H and O–H groups in total. The lowest BCUT2D eigenvalue weighted by Crippen LogP contribution is -2.22. The minimum atomic E-state index is -0.678. The summed E-state index contributed by atoms with van der Waals surface area (Å²) in [5.74, 6) is 0. The second-order valence-corrected chi connectivity index (χ2v) is 6.40. The van der Waals surface area contributed by atoms with Gasteiger partial charge in [-0.1, -0.05) is 31.9 Å². The second kappa shape index (κ2) is 15.7. The highest BCUT2D eigenvalue weighted by Crippen LogP contribution is 2.16. The largest absolute Gasteiger partial charge is 0.291 e. The zero-order valence-corrected chi connectivity index (χ0v) is 15.2. The molecule has 143 valence electrons. The van der Waals surface area contributed by atoms with Crippen molar-refractivity contribution >= 4 is 6.29 Å². The Kier molecular flexibility index (Phi) is 14.6. The molecule has 0 fully saturated rings. The van der Waals surface area contributed by atoms with Crippen LogP contribution in [0, 0.1) is 20.2 Å². The minimum absolute atomic E-state index is 0.243. The molecule has 0 aliphatic heterocycles. The molecular weight excluding hydrogens is 324 g/mol. The van der Waals surface area contributed by atoms with E-state index in [0.717, 1.165) is 38.5 Å². The summed E-state index contributed by atoms with van der Waals surface area (Å²) in [5.41, 5.74) is 0. The number of hydrogen-bond donors (Lipinski definition) is 0. The van der Waals surface area contributed by atoms with Gasteiger partial charge in [0.1, 0.15) is 0 Å². The van der Waals surface area contributed by atoms with E-state index in [1.807, 2.05) is 18.4 Å². The van der Waals surface area contributed by atoms with E-state index in [0.29, 0.717) is 38.5 Å². The topological polar surface area (TPSA) is 103 Å². The van der Waals surface area contributed by atoms with Gasteiger partial charge in [0.15, 0.2) is 6.29 Å². The first-order valence-electron chi connectivity index (χ1n) is 9.29. The first-order chi connectivity index (χ1) is 12.0. The van der Waals surface area contributed by atoms with E-state index >= 15 is 0 Å². The van der Waals surface area contributed by atoms with Gasteiger partial charge >= 0.3 is 0 Å². The van der Waals surface area contributed by atoms with Gasteiger partial charge < -0.3 is 0 Å². The normalized spacial score (nSPS) is 13.6. The lowest BCUT2D eigenvalue weighted by Gasteiger charge is -2.11. The molecule has 2 unspecified atom stereocenters. The fourth-order valence-corrected chi connectivity index (χ4v) is 2.71. The molecule has 0 aliphatic rings. The van der Waals surface area contributed by atoms with Gasteiger partial charge in [0.25, 0.3) is 0 Å². The number of carbonyl (C=O) groups excluding carboxylic acids is 1. The van der Waals surface area contributed by atoms with Crippen molar-refractivity contribution < 1.29 is 14.6 Å². The maximum Gasteiger partial charge on any atom is 0.216 e. The Balaban J connectivity index is 4.12. The van der Waals surface area contributed by atoms with Crippen LogP contribution < -0.4 is 0 Å². The standard InChI is InChI=1S/C18H31N2O5/c1-2-3-8-12-17(19(22)23)14-11-15-18(20(24)25)13-9-6-4-5-7-10-16-21/h6,9,17-18H,2-5,7-8,10-15H2,1H3/b9-6+. The van der Waals surface area contributed by atoms with E-state index in [1.54, 1.807) is 0 Å². The highest BCUT2D eigenvalue weighted by molar-refractivity contribution is 5.50. The summed E-state index contributed by atoms with van der Waals surface area (Å²) < 4.78 is 0. The Bertz CT molecular complexity index is 412. The number of rotatable bonds is 17. The molecule has 0 saturated heterocycles. The van der Waals surface area contributed by atoms with E-state index in [1.165, 1.54) is 0 Å². The zero-order valence-electron chi connectivity index (χ0n) is 15.2. The van der Waals surface area contributed by atoms with Crippen LogP contribution in [0.2, 0.25) is 0 Å². The Morgan fingerprint density at radius 2 is 1.52 bits per heavy atom. The molecule has 0 aromatic carbocycles. The SMILES string of the molecule is CCCCCC(CCCC(C/C=C/CCCC[C]=O)[N+](=O)[O-])[N+](=O)[O-]. The number of nitro groups is 2. The Labute approximate surface area is 150 Å². The van der Waals surface area contributed by atoms with Crippen LogP contribution in [0.4, 0.5) is 0 Å². The van der Waals surface area contributed by atoms with E-state index in [-0.39, 0.29) is 9.85 Å². The molecular formula is C18H31N2O5. The molecule has 2 atom stereocenters. The number of allylic oxidation sites excluding steroid dienone is 1. The third-order valence-corrected chi connectivity index (χ3v) is 4.29. The Morgan fingerprint density at radius 1 is 0.880 bits per heavy atom. The molecule has 7 nitrogen and oxygen atoms in total. The molecule has 0 spiro atoms. The van der Waals surface area contributed by atoms with Crippen molar-refractivity contribution in [3.63, 3.8) is 0 Å². The van der Waals surface area contributed by atoms with Gasteiger partial charge in [0, 0.05) is 42.0 Å². The number of unbranched alkanes of at least 4 members (excludes halogenated alkanes) is 5. The quantitative estimate of drug-likeness (QED) is 0.163. The highest BCUT2D eigenvalue weighted by atomic mass is 16.6. The molecule has 0 saturated carbocycles. The van der Waals surface area contributed by atoms with Crippen molar-refractivity contribution in [2.45, 2.75) is 96.1 Å². The summed E-state index contributed by atoms with van der Waals surface area (Å²) in [6, 6.07) is -1.26. The molecule has 0 aromatic heterocycles. The summed E-state index contributed by atoms with van der Waals surface area (Å²) in [6.45, 7) is 2.05. The smallest absolute Gasteiger partial charge is 0.216 e. The van der Waals surface area contributed by atoms with Gasteiger partial charge in [-0.25, -0.2) is 0 Å². The summed E-state index contributed by atoms with van der Waals surface area (Å²) in [5, 5.41) is 22.2. The van der Waals surface area contributed by atoms with Crippen LogP contribution in [-0.2, 0) is 4.79 Å². The maximum atomic E-state index is 11.1. The predicted octanol–water partition coefficient (Wildman–Crippen LogP) is 4.64. The fraction of sp³-hybridized carbons (Fsp3) is 0.833. The third kappa shape index (κ3) is 13.2. The first kappa shape index (κ1) is 23.2. The third-order valence-electron chi connectivity index (χ3n) is 4.29.